The normalized spacial score (nSPS) is 16.8. The first-order valence-electron chi connectivity index (χ1n) is 7.56. The summed E-state index contributed by atoms with van der Waals surface area (Å²) in [6.45, 7) is 0.734. The van der Waals surface area contributed by atoms with Gasteiger partial charge in [0.05, 0.1) is 17.4 Å². The Kier molecular flexibility index (Phi) is 4.55. The monoisotopic (exact) mass is 346 g/mol. The largest absolute Gasteiger partial charge is 0.493 e. The Labute approximate surface area is 140 Å². The first-order chi connectivity index (χ1) is 11.4. The number of sulfonamides is 1. The van der Waals surface area contributed by atoms with Crippen LogP contribution in [0.1, 0.15) is 23.5 Å². The van der Waals surface area contributed by atoms with E-state index in [0.717, 1.165) is 11.3 Å². The van der Waals surface area contributed by atoms with Gasteiger partial charge >= 0.3 is 0 Å². The van der Waals surface area contributed by atoms with Gasteiger partial charge < -0.3 is 10.1 Å². The number of primary sulfonamides is 1. The van der Waals surface area contributed by atoms with Crippen molar-refractivity contribution in [2.45, 2.75) is 23.8 Å². The van der Waals surface area contributed by atoms with Gasteiger partial charge in [-0.15, -0.1) is 0 Å². The molecule has 24 heavy (non-hydrogen) atoms. The van der Waals surface area contributed by atoms with Crippen LogP contribution in [0.15, 0.2) is 53.4 Å². The number of ether oxygens (including phenoxy) is 1. The molecule has 2 aromatic rings. The molecule has 3 rings (SSSR count). The van der Waals surface area contributed by atoms with Crippen molar-refractivity contribution in [2.75, 3.05) is 6.61 Å². The first kappa shape index (κ1) is 16.5. The molecule has 0 unspecified atom stereocenters. The Bertz CT molecular complexity index is 864. The van der Waals surface area contributed by atoms with Crippen molar-refractivity contribution >= 4 is 15.9 Å². The van der Waals surface area contributed by atoms with Crippen molar-refractivity contribution in [1.29, 1.82) is 0 Å². The summed E-state index contributed by atoms with van der Waals surface area (Å²) in [7, 11) is -3.75. The number of rotatable bonds is 4. The van der Waals surface area contributed by atoms with Gasteiger partial charge in [-0.05, 0) is 30.2 Å². The Morgan fingerprint density at radius 3 is 2.79 bits per heavy atom. The van der Waals surface area contributed by atoms with E-state index >= 15 is 0 Å². The van der Waals surface area contributed by atoms with E-state index in [0.29, 0.717) is 18.6 Å². The molecule has 3 N–H and O–H groups in total. The zero-order chi connectivity index (χ0) is 17.2. The van der Waals surface area contributed by atoms with E-state index in [1.807, 2.05) is 24.3 Å². The second kappa shape index (κ2) is 6.62. The standard InChI is InChI=1S/C17H18N2O4S/c18-24(21,22)13-5-3-4-12(10-13)11-19-17(20)15-8-9-23-16-7-2-1-6-14(15)16/h1-7,10,15H,8-9,11H2,(H,19,20)(H2,18,21,22)/t15-/m0/s1. The summed E-state index contributed by atoms with van der Waals surface area (Å²) >= 11 is 0. The van der Waals surface area contributed by atoms with Crippen molar-refractivity contribution in [3.8, 4) is 5.75 Å². The quantitative estimate of drug-likeness (QED) is 0.877. The lowest BCUT2D eigenvalue weighted by molar-refractivity contribution is -0.123. The molecule has 6 nitrogen and oxygen atoms in total. The second-order valence-corrected chi connectivity index (χ2v) is 7.20. The lowest BCUT2D eigenvalue weighted by atomic mass is 9.92. The second-order valence-electron chi connectivity index (χ2n) is 5.64. The molecular weight excluding hydrogens is 328 g/mol. The Morgan fingerprint density at radius 1 is 1.21 bits per heavy atom. The molecule has 0 aromatic heterocycles. The van der Waals surface area contributed by atoms with Crippen LogP contribution in [0.5, 0.6) is 5.75 Å². The molecule has 1 aliphatic heterocycles. The van der Waals surface area contributed by atoms with Crippen LogP contribution in [0.2, 0.25) is 0 Å². The van der Waals surface area contributed by atoms with Crippen molar-refractivity contribution < 1.29 is 17.9 Å². The lowest BCUT2D eigenvalue weighted by Gasteiger charge is -2.25. The van der Waals surface area contributed by atoms with Crippen LogP contribution >= 0.6 is 0 Å². The van der Waals surface area contributed by atoms with Crippen molar-refractivity contribution in [3.63, 3.8) is 0 Å². The van der Waals surface area contributed by atoms with E-state index in [-0.39, 0.29) is 23.3 Å². The highest BCUT2D eigenvalue weighted by Crippen LogP contribution is 2.33. The summed E-state index contributed by atoms with van der Waals surface area (Å²) < 4.78 is 28.3. The summed E-state index contributed by atoms with van der Waals surface area (Å²) in [5.41, 5.74) is 1.55. The molecule has 1 aliphatic rings. The molecule has 0 fully saturated rings. The summed E-state index contributed by atoms with van der Waals surface area (Å²) in [6, 6.07) is 13.7. The number of nitrogens with two attached hydrogens (primary N) is 1. The molecule has 2 aromatic carbocycles. The number of hydrogen-bond donors (Lipinski definition) is 2. The van der Waals surface area contributed by atoms with Crippen molar-refractivity contribution in [3.05, 3.63) is 59.7 Å². The highest BCUT2D eigenvalue weighted by molar-refractivity contribution is 7.89. The molecule has 0 saturated heterocycles. The summed E-state index contributed by atoms with van der Waals surface area (Å²) in [5, 5.41) is 7.98. The van der Waals surface area contributed by atoms with Gasteiger partial charge in [0.1, 0.15) is 5.75 Å². The smallest absolute Gasteiger partial charge is 0.238 e. The highest BCUT2D eigenvalue weighted by Gasteiger charge is 2.27. The van der Waals surface area contributed by atoms with E-state index in [4.69, 9.17) is 9.88 Å². The first-order valence-corrected chi connectivity index (χ1v) is 9.11. The predicted octanol–water partition coefficient (Wildman–Crippen LogP) is 1.52. The summed E-state index contributed by atoms with van der Waals surface area (Å²) in [6.07, 6.45) is 0.611. The third-order valence-corrected chi connectivity index (χ3v) is 4.88. The van der Waals surface area contributed by atoms with Crippen LogP contribution in [-0.2, 0) is 21.4 Å². The highest BCUT2D eigenvalue weighted by atomic mass is 32.2. The number of para-hydroxylation sites is 1. The Hall–Kier alpha value is -2.38. The molecule has 1 atom stereocenters. The van der Waals surface area contributed by atoms with Gasteiger partial charge in [-0.2, -0.15) is 0 Å². The molecule has 1 heterocycles. The van der Waals surface area contributed by atoms with Crippen LogP contribution in [0.4, 0.5) is 0 Å². The fraction of sp³-hybridized carbons (Fsp3) is 0.235. The summed E-state index contributed by atoms with van der Waals surface area (Å²) in [5.74, 6) is 0.364. The third-order valence-electron chi connectivity index (χ3n) is 3.97. The van der Waals surface area contributed by atoms with Crippen LogP contribution < -0.4 is 15.2 Å². The fourth-order valence-corrected chi connectivity index (χ4v) is 3.34. The molecule has 0 spiro atoms. The summed E-state index contributed by atoms with van der Waals surface area (Å²) in [4.78, 5) is 12.5. The predicted molar refractivity (Wildman–Crippen MR) is 89.0 cm³/mol. The zero-order valence-electron chi connectivity index (χ0n) is 12.9. The zero-order valence-corrected chi connectivity index (χ0v) is 13.8. The molecule has 1 amide bonds. The molecule has 126 valence electrons. The van der Waals surface area contributed by atoms with Crippen molar-refractivity contribution in [2.24, 2.45) is 5.14 Å². The topological polar surface area (TPSA) is 98.5 Å². The van der Waals surface area contributed by atoms with Crippen molar-refractivity contribution in [1.82, 2.24) is 5.32 Å². The molecule has 7 heteroatoms. The van der Waals surface area contributed by atoms with E-state index in [9.17, 15) is 13.2 Å². The number of carbonyl (C=O) groups excluding carboxylic acids is 1. The average Bonchev–Trinajstić information content (AvgIpc) is 2.58. The van der Waals surface area contributed by atoms with E-state index < -0.39 is 10.0 Å². The number of benzene rings is 2. The number of hydrogen-bond acceptors (Lipinski definition) is 4. The van der Waals surface area contributed by atoms with Gasteiger partial charge in [0.25, 0.3) is 0 Å². The van der Waals surface area contributed by atoms with Gasteiger partial charge in [0, 0.05) is 12.1 Å². The maximum absolute atomic E-state index is 12.5. The average molecular weight is 346 g/mol. The lowest BCUT2D eigenvalue weighted by Crippen LogP contribution is -2.32. The van der Waals surface area contributed by atoms with Crippen LogP contribution in [0.3, 0.4) is 0 Å². The number of carbonyl (C=O) groups is 1. The van der Waals surface area contributed by atoms with E-state index in [2.05, 4.69) is 5.32 Å². The van der Waals surface area contributed by atoms with Gasteiger partial charge in [-0.25, -0.2) is 13.6 Å². The van der Waals surface area contributed by atoms with Gasteiger partial charge in [0.2, 0.25) is 15.9 Å². The number of nitrogens with one attached hydrogen (secondary N) is 1. The maximum Gasteiger partial charge on any atom is 0.238 e. The molecule has 0 radical (unpaired) electrons. The molecular formula is C17H18N2O4S. The third kappa shape index (κ3) is 3.58. The minimum Gasteiger partial charge on any atom is -0.493 e. The molecule has 0 aliphatic carbocycles. The molecule has 0 bridgehead atoms. The van der Waals surface area contributed by atoms with E-state index in [1.54, 1.807) is 12.1 Å². The Morgan fingerprint density at radius 2 is 2.00 bits per heavy atom. The minimum absolute atomic E-state index is 0.0330. The number of amides is 1. The molecule has 0 saturated carbocycles. The van der Waals surface area contributed by atoms with Gasteiger partial charge in [-0.3, -0.25) is 4.79 Å². The van der Waals surface area contributed by atoms with E-state index in [1.165, 1.54) is 12.1 Å². The fourth-order valence-electron chi connectivity index (χ4n) is 2.76. The van der Waals surface area contributed by atoms with Gasteiger partial charge in [0.15, 0.2) is 0 Å². The maximum atomic E-state index is 12.5. The van der Waals surface area contributed by atoms with Crippen LogP contribution in [0.25, 0.3) is 0 Å². The SMILES string of the molecule is NS(=O)(=O)c1cccc(CNC(=O)[C@H]2CCOc3ccccc32)c1. The van der Waals surface area contributed by atoms with Crippen LogP contribution in [0, 0.1) is 0 Å². The minimum atomic E-state index is -3.75. The number of fused-ring (bicyclic) bond motifs is 1. The Balaban J connectivity index is 1.71. The van der Waals surface area contributed by atoms with Crippen LogP contribution in [-0.4, -0.2) is 20.9 Å². The van der Waals surface area contributed by atoms with Gasteiger partial charge in [-0.1, -0.05) is 30.3 Å².